The highest BCUT2D eigenvalue weighted by Gasteiger charge is 2.21. The van der Waals surface area contributed by atoms with Crippen LogP contribution >= 0.6 is 0 Å². The van der Waals surface area contributed by atoms with Gasteiger partial charge in [0.05, 0.1) is 10.6 Å². The first-order valence-electron chi connectivity index (χ1n) is 10.6. The maximum Gasteiger partial charge on any atom is 0.264 e. The van der Waals surface area contributed by atoms with Gasteiger partial charge in [0.2, 0.25) is 0 Å². The lowest BCUT2D eigenvalue weighted by Gasteiger charge is -2.19. The number of nitrogens with one attached hydrogen (secondary N) is 1. The average molecular weight is 473 g/mol. The summed E-state index contributed by atoms with van der Waals surface area (Å²) in [5, 5.41) is 2.81. The molecule has 0 saturated heterocycles. The van der Waals surface area contributed by atoms with E-state index in [1.807, 2.05) is 37.3 Å². The number of sulfonamides is 1. The minimum Gasteiger partial charge on any atom is -0.457 e. The van der Waals surface area contributed by atoms with Crippen molar-refractivity contribution >= 4 is 27.3 Å². The number of ether oxygens (including phenoxy) is 1. The fourth-order valence-electron chi connectivity index (χ4n) is 3.34. The zero-order valence-corrected chi connectivity index (χ0v) is 19.6. The maximum atomic E-state index is 12.9. The summed E-state index contributed by atoms with van der Waals surface area (Å²) in [5.41, 5.74) is 2.61. The number of hydrogen-bond acceptors (Lipinski definition) is 4. The van der Waals surface area contributed by atoms with E-state index < -0.39 is 10.0 Å². The fraction of sp³-hybridized carbons (Fsp3) is 0.0741. The Balaban J connectivity index is 1.42. The lowest BCUT2D eigenvalue weighted by Crippen LogP contribution is -2.26. The number of benzene rings is 4. The number of anilines is 2. The molecule has 0 aromatic heterocycles. The van der Waals surface area contributed by atoms with Gasteiger partial charge in [0.15, 0.2) is 0 Å². The molecule has 4 aromatic rings. The molecule has 0 heterocycles. The Bertz CT molecular complexity index is 1390. The highest BCUT2D eigenvalue weighted by atomic mass is 32.2. The number of carbonyl (C=O) groups is 1. The predicted octanol–water partition coefficient (Wildman–Crippen LogP) is 5.86. The van der Waals surface area contributed by atoms with Crippen molar-refractivity contribution in [1.82, 2.24) is 0 Å². The molecule has 0 atom stereocenters. The van der Waals surface area contributed by atoms with E-state index in [0.29, 0.717) is 22.7 Å². The van der Waals surface area contributed by atoms with Crippen LogP contribution in [0.2, 0.25) is 0 Å². The van der Waals surface area contributed by atoms with Crippen LogP contribution in [0.5, 0.6) is 11.5 Å². The second-order valence-corrected chi connectivity index (χ2v) is 9.70. The Morgan fingerprint density at radius 1 is 0.794 bits per heavy atom. The number of amides is 1. The van der Waals surface area contributed by atoms with Crippen molar-refractivity contribution < 1.29 is 17.9 Å². The number of nitrogens with zero attached hydrogens (tertiary/aromatic N) is 1. The first kappa shape index (κ1) is 23.1. The molecule has 0 spiro atoms. The molecule has 0 fully saturated rings. The van der Waals surface area contributed by atoms with Crippen LogP contribution < -0.4 is 14.4 Å². The van der Waals surface area contributed by atoms with Crippen molar-refractivity contribution in [3.63, 3.8) is 0 Å². The highest BCUT2D eigenvalue weighted by molar-refractivity contribution is 7.92. The van der Waals surface area contributed by atoms with Crippen LogP contribution in [-0.4, -0.2) is 21.4 Å². The predicted molar refractivity (Wildman–Crippen MR) is 134 cm³/mol. The molecule has 0 unspecified atom stereocenters. The third kappa shape index (κ3) is 5.27. The minimum atomic E-state index is -3.74. The summed E-state index contributed by atoms with van der Waals surface area (Å²) >= 11 is 0. The zero-order valence-electron chi connectivity index (χ0n) is 18.8. The summed E-state index contributed by atoms with van der Waals surface area (Å²) in [4.78, 5) is 12.7. The topological polar surface area (TPSA) is 75.7 Å². The first-order valence-corrected chi connectivity index (χ1v) is 12.1. The SMILES string of the molecule is Cc1cccc(Oc2ccc(NC(=O)c3ccc(S(=O)(=O)N(C)c4ccccc4)cc3)cc2)c1. The third-order valence-corrected chi connectivity index (χ3v) is 7.03. The van der Waals surface area contributed by atoms with Crippen LogP contribution in [0.15, 0.2) is 108 Å². The van der Waals surface area contributed by atoms with Gasteiger partial charge in [0, 0.05) is 18.3 Å². The average Bonchev–Trinajstić information content (AvgIpc) is 2.85. The van der Waals surface area contributed by atoms with Gasteiger partial charge in [0.25, 0.3) is 15.9 Å². The lowest BCUT2D eigenvalue weighted by atomic mass is 10.2. The lowest BCUT2D eigenvalue weighted by molar-refractivity contribution is 0.102. The Hall–Kier alpha value is -4.10. The quantitative estimate of drug-likeness (QED) is 0.365. The summed E-state index contributed by atoms with van der Waals surface area (Å²) in [6.45, 7) is 2.00. The second kappa shape index (κ2) is 9.80. The van der Waals surface area contributed by atoms with Gasteiger partial charge < -0.3 is 10.1 Å². The highest BCUT2D eigenvalue weighted by Crippen LogP contribution is 2.25. The van der Waals surface area contributed by atoms with Gasteiger partial charge in [0.1, 0.15) is 11.5 Å². The van der Waals surface area contributed by atoms with Gasteiger partial charge in [-0.1, -0.05) is 30.3 Å². The standard InChI is InChI=1S/C27H24N2O4S/c1-20-7-6-10-25(19-20)33-24-15-13-22(14-16-24)28-27(30)21-11-17-26(18-12-21)34(31,32)29(2)23-8-4-3-5-9-23/h3-19H,1-2H3,(H,28,30). The molecule has 4 rings (SSSR count). The molecule has 4 aromatic carbocycles. The van der Waals surface area contributed by atoms with Crippen LogP contribution in [-0.2, 0) is 10.0 Å². The zero-order chi connectivity index (χ0) is 24.1. The largest absolute Gasteiger partial charge is 0.457 e. The molecule has 1 N–H and O–H groups in total. The second-order valence-electron chi connectivity index (χ2n) is 7.73. The number of carbonyl (C=O) groups excluding carboxylic acids is 1. The minimum absolute atomic E-state index is 0.105. The molecule has 0 aliphatic rings. The summed E-state index contributed by atoms with van der Waals surface area (Å²) in [5.74, 6) is 1.05. The van der Waals surface area contributed by atoms with Crippen LogP contribution in [0.1, 0.15) is 15.9 Å². The maximum absolute atomic E-state index is 12.9. The van der Waals surface area contributed by atoms with Gasteiger partial charge in [-0.2, -0.15) is 0 Å². The summed E-state index contributed by atoms with van der Waals surface area (Å²) in [6, 6.07) is 29.4. The van der Waals surface area contributed by atoms with Crippen molar-refractivity contribution in [2.24, 2.45) is 0 Å². The molecule has 7 heteroatoms. The first-order chi connectivity index (χ1) is 16.3. The number of rotatable bonds is 7. The molecule has 0 bridgehead atoms. The van der Waals surface area contributed by atoms with Crippen molar-refractivity contribution in [1.29, 1.82) is 0 Å². The van der Waals surface area contributed by atoms with Crippen LogP contribution in [0.4, 0.5) is 11.4 Å². The molecule has 1 amide bonds. The molecule has 0 aliphatic carbocycles. The monoisotopic (exact) mass is 472 g/mol. The molecular formula is C27H24N2O4S. The Kier molecular flexibility index (Phi) is 6.65. The molecule has 6 nitrogen and oxygen atoms in total. The Labute approximate surface area is 199 Å². The molecule has 172 valence electrons. The van der Waals surface area contributed by atoms with Gasteiger partial charge in [-0.15, -0.1) is 0 Å². The van der Waals surface area contributed by atoms with E-state index in [4.69, 9.17) is 4.74 Å². The molecule has 0 aliphatic heterocycles. The van der Waals surface area contributed by atoms with E-state index in [-0.39, 0.29) is 10.8 Å². The summed E-state index contributed by atoms with van der Waals surface area (Å²) in [6.07, 6.45) is 0. The number of aryl methyl sites for hydroxylation is 1. The number of hydrogen-bond donors (Lipinski definition) is 1. The van der Waals surface area contributed by atoms with Gasteiger partial charge in [-0.3, -0.25) is 9.10 Å². The Morgan fingerprint density at radius 3 is 2.12 bits per heavy atom. The van der Waals surface area contributed by atoms with Crippen LogP contribution in [0.25, 0.3) is 0 Å². The van der Waals surface area contributed by atoms with Crippen molar-refractivity contribution in [3.05, 3.63) is 114 Å². The molecule has 0 saturated carbocycles. The van der Waals surface area contributed by atoms with E-state index in [9.17, 15) is 13.2 Å². The Morgan fingerprint density at radius 2 is 1.47 bits per heavy atom. The smallest absolute Gasteiger partial charge is 0.264 e. The summed E-state index contributed by atoms with van der Waals surface area (Å²) in [7, 11) is -2.24. The van der Waals surface area contributed by atoms with E-state index >= 15 is 0 Å². The van der Waals surface area contributed by atoms with Crippen LogP contribution in [0.3, 0.4) is 0 Å². The molecule has 34 heavy (non-hydrogen) atoms. The molecule has 0 radical (unpaired) electrons. The number of para-hydroxylation sites is 1. The third-order valence-electron chi connectivity index (χ3n) is 5.23. The van der Waals surface area contributed by atoms with Crippen molar-refractivity contribution in [2.45, 2.75) is 11.8 Å². The normalized spacial score (nSPS) is 11.0. The van der Waals surface area contributed by atoms with Gasteiger partial charge in [-0.25, -0.2) is 8.42 Å². The van der Waals surface area contributed by atoms with E-state index in [1.54, 1.807) is 48.5 Å². The van der Waals surface area contributed by atoms with E-state index in [0.717, 1.165) is 11.3 Å². The fourth-order valence-corrected chi connectivity index (χ4v) is 4.53. The van der Waals surface area contributed by atoms with E-state index in [2.05, 4.69) is 5.32 Å². The van der Waals surface area contributed by atoms with Gasteiger partial charge >= 0.3 is 0 Å². The molecular weight excluding hydrogens is 448 g/mol. The summed E-state index contributed by atoms with van der Waals surface area (Å²) < 4.78 is 32.8. The van der Waals surface area contributed by atoms with Crippen molar-refractivity contribution in [2.75, 3.05) is 16.7 Å². The van der Waals surface area contributed by atoms with E-state index in [1.165, 1.54) is 35.6 Å². The van der Waals surface area contributed by atoms with Crippen molar-refractivity contribution in [3.8, 4) is 11.5 Å². The van der Waals surface area contributed by atoms with Gasteiger partial charge in [-0.05, 0) is 85.3 Å². The van der Waals surface area contributed by atoms with Crippen LogP contribution in [0, 0.1) is 6.92 Å².